The molecule has 0 aliphatic carbocycles. The lowest BCUT2D eigenvalue weighted by Crippen LogP contribution is -2.25. The van der Waals surface area contributed by atoms with E-state index in [0.29, 0.717) is 5.56 Å². The van der Waals surface area contributed by atoms with Crippen molar-refractivity contribution in [2.75, 3.05) is 7.05 Å². The van der Waals surface area contributed by atoms with Crippen molar-refractivity contribution in [2.24, 2.45) is 0 Å². The normalized spacial score (nSPS) is 18.1. The van der Waals surface area contributed by atoms with Gasteiger partial charge in [0.2, 0.25) is 0 Å². The Hall–Kier alpha value is -1.36. The molecule has 1 aromatic carbocycles. The third kappa shape index (κ3) is 1.13. The first-order valence-corrected chi connectivity index (χ1v) is 5.95. The van der Waals surface area contributed by atoms with Gasteiger partial charge in [0, 0.05) is 7.05 Å². The molecule has 0 saturated heterocycles. The molecular formula is C10H11NO3S. The summed E-state index contributed by atoms with van der Waals surface area (Å²) in [6, 6.07) is 3.21. The van der Waals surface area contributed by atoms with Crippen molar-refractivity contribution in [3.05, 3.63) is 28.8 Å². The van der Waals surface area contributed by atoms with Crippen molar-refractivity contribution in [2.45, 2.75) is 18.7 Å². The molecule has 5 heteroatoms. The standard InChI is InChI=1S/C10H11NO3S/c1-6-4-5-8-9(7(6)2)10(12)11(3)15(8,13)14/h4-5H,1-3H3. The molecule has 0 atom stereocenters. The Bertz CT molecular complexity index is 560. The van der Waals surface area contributed by atoms with Crippen LogP contribution in [0.2, 0.25) is 0 Å². The minimum Gasteiger partial charge on any atom is -0.268 e. The highest BCUT2D eigenvalue weighted by molar-refractivity contribution is 7.90. The highest BCUT2D eigenvalue weighted by Gasteiger charge is 2.39. The van der Waals surface area contributed by atoms with Gasteiger partial charge in [-0.3, -0.25) is 4.79 Å². The van der Waals surface area contributed by atoms with Gasteiger partial charge in [-0.2, -0.15) is 0 Å². The Morgan fingerprint density at radius 3 is 2.40 bits per heavy atom. The van der Waals surface area contributed by atoms with Crippen LogP contribution in [-0.4, -0.2) is 25.7 Å². The second-order valence-electron chi connectivity index (χ2n) is 3.66. The Balaban J connectivity index is 2.90. The van der Waals surface area contributed by atoms with Crippen LogP contribution in [0, 0.1) is 13.8 Å². The molecular weight excluding hydrogens is 214 g/mol. The first-order valence-electron chi connectivity index (χ1n) is 4.51. The number of hydrogen-bond acceptors (Lipinski definition) is 3. The van der Waals surface area contributed by atoms with E-state index in [9.17, 15) is 13.2 Å². The van der Waals surface area contributed by atoms with Crippen molar-refractivity contribution in [1.82, 2.24) is 4.31 Å². The van der Waals surface area contributed by atoms with Crippen molar-refractivity contribution in [1.29, 1.82) is 0 Å². The zero-order valence-corrected chi connectivity index (χ0v) is 9.55. The van der Waals surface area contributed by atoms with E-state index in [1.807, 2.05) is 6.92 Å². The van der Waals surface area contributed by atoms with E-state index in [1.165, 1.54) is 13.1 Å². The molecule has 1 heterocycles. The van der Waals surface area contributed by atoms with Crippen LogP contribution in [0.15, 0.2) is 17.0 Å². The summed E-state index contributed by atoms with van der Waals surface area (Å²) in [5.74, 6) is -0.439. The molecule has 15 heavy (non-hydrogen) atoms. The molecule has 1 amide bonds. The Labute approximate surface area is 88.6 Å². The smallest absolute Gasteiger partial charge is 0.268 e. The predicted molar refractivity (Wildman–Crippen MR) is 55.2 cm³/mol. The highest BCUT2D eigenvalue weighted by Crippen LogP contribution is 2.32. The average Bonchev–Trinajstić information content (AvgIpc) is 2.34. The van der Waals surface area contributed by atoms with Crippen LogP contribution in [0.5, 0.6) is 0 Å². The summed E-state index contributed by atoms with van der Waals surface area (Å²) in [6.07, 6.45) is 0. The Morgan fingerprint density at radius 2 is 1.80 bits per heavy atom. The lowest BCUT2D eigenvalue weighted by atomic mass is 10.0. The third-order valence-corrected chi connectivity index (χ3v) is 4.62. The summed E-state index contributed by atoms with van der Waals surface area (Å²) >= 11 is 0. The number of benzene rings is 1. The van der Waals surface area contributed by atoms with Gasteiger partial charge in [-0.05, 0) is 31.0 Å². The maximum Gasteiger partial charge on any atom is 0.269 e. The number of carbonyl (C=O) groups excluding carboxylic acids is 1. The molecule has 0 radical (unpaired) electrons. The molecule has 1 aliphatic rings. The molecule has 0 bridgehead atoms. The minimum atomic E-state index is -3.59. The van der Waals surface area contributed by atoms with Crippen LogP contribution in [0.25, 0.3) is 0 Å². The van der Waals surface area contributed by atoms with Crippen molar-refractivity contribution < 1.29 is 13.2 Å². The summed E-state index contributed by atoms with van der Waals surface area (Å²) in [5, 5.41) is 0. The molecule has 1 aliphatic heterocycles. The topological polar surface area (TPSA) is 54.5 Å². The maximum atomic E-state index is 11.8. The lowest BCUT2D eigenvalue weighted by Gasteiger charge is -2.05. The van der Waals surface area contributed by atoms with Crippen LogP contribution in [0.4, 0.5) is 0 Å². The van der Waals surface area contributed by atoms with Gasteiger partial charge in [-0.15, -0.1) is 0 Å². The first-order chi connectivity index (χ1) is 6.87. The van der Waals surface area contributed by atoms with Crippen molar-refractivity contribution in [3.8, 4) is 0 Å². The quantitative estimate of drug-likeness (QED) is 0.664. The van der Waals surface area contributed by atoms with E-state index in [0.717, 1.165) is 15.4 Å². The molecule has 0 N–H and O–H groups in total. The fourth-order valence-electron chi connectivity index (χ4n) is 1.69. The number of sulfonamides is 1. The third-order valence-electron chi connectivity index (χ3n) is 2.84. The molecule has 0 aromatic heterocycles. The van der Waals surface area contributed by atoms with Gasteiger partial charge >= 0.3 is 0 Å². The Kier molecular flexibility index (Phi) is 1.91. The molecule has 4 nitrogen and oxygen atoms in total. The van der Waals surface area contributed by atoms with E-state index in [4.69, 9.17) is 0 Å². The van der Waals surface area contributed by atoms with Gasteiger partial charge < -0.3 is 0 Å². The zero-order valence-electron chi connectivity index (χ0n) is 8.73. The second kappa shape index (κ2) is 2.82. The largest absolute Gasteiger partial charge is 0.269 e. The number of hydrogen-bond donors (Lipinski definition) is 0. The number of carbonyl (C=O) groups is 1. The van der Waals surface area contributed by atoms with Crippen LogP contribution >= 0.6 is 0 Å². The first kappa shape index (κ1) is 10.2. The number of nitrogens with zero attached hydrogens (tertiary/aromatic N) is 1. The molecule has 0 saturated carbocycles. The van der Waals surface area contributed by atoms with Crippen molar-refractivity contribution in [3.63, 3.8) is 0 Å². The number of amides is 1. The number of aryl methyl sites for hydroxylation is 1. The summed E-state index contributed by atoms with van der Waals surface area (Å²) in [5.41, 5.74) is 1.98. The SMILES string of the molecule is Cc1ccc2c(c1C)C(=O)N(C)S2(=O)=O. The molecule has 0 fully saturated rings. The second-order valence-corrected chi connectivity index (χ2v) is 5.60. The highest BCUT2D eigenvalue weighted by atomic mass is 32.2. The van der Waals surface area contributed by atoms with Gasteiger partial charge in [-0.1, -0.05) is 6.07 Å². The fourth-order valence-corrected chi connectivity index (χ4v) is 3.03. The van der Waals surface area contributed by atoms with Crippen LogP contribution in [0.1, 0.15) is 21.5 Å². The summed E-state index contributed by atoms with van der Waals surface area (Å²) in [7, 11) is -2.30. The van der Waals surface area contributed by atoms with Crippen LogP contribution in [-0.2, 0) is 10.0 Å². The van der Waals surface area contributed by atoms with E-state index in [2.05, 4.69) is 0 Å². The number of rotatable bonds is 0. The van der Waals surface area contributed by atoms with Crippen molar-refractivity contribution >= 4 is 15.9 Å². The van der Waals surface area contributed by atoms with Gasteiger partial charge in [-0.25, -0.2) is 12.7 Å². The Morgan fingerprint density at radius 1 is 1.20 bits per heavy atom. The fraction of sp³-hybridized carbons (Fsp3) is 0.300. The maximum absolute atomic E-state index is 11.8. The summed E-state index contributed by atoms with van der Waals surface area (Å²) < 4.78 is 24.3. The van der Waals surface area contributed by atoms with Gasteiger partial charge in [0.15, 0.2) is 0 Å². The van der Waals surface area contributed by atoms with E-state index >= 15 is 0 Å². The lowest BCUT2D eigenvalue weighted by molar-refractivity contribution is 0.0891. The predicted octanol–water partition coefficient (Wildman–Crippen LogP) is 1.08. The molecule has 0 spiro atoms. The van der Waals surface area contributed by atoms with E-state index in [1.54, 1.807) is 13.0 Å². The molecule has 2 rings (SSSR count). The summed E-state index contributed by atoms with van der Waals surface area (Å²) in [4.78, 5) is 11.9. The summed E-state index contributed by atoms with van der Waals surface area (Å²) in [6.45, 7) is 3.62. The van der Waals surface area contributed by atoms with Gasteiger partial charge in [0.25, 0.3) is 15.9 Å². The molecule has 80 valence electrons. The van der Waals surface area contributed by atoms with Crippen LogP contribution in [0.3, 0.4) is 0 Å². The van der Waals surface area contributed by atoms with Crippen LogP contribution < -0.4 is 0 Å². The van der Waals surface area contributed by atoms with E-state index in [-0.39, 0.29) is 4.90 Å². The monoisotopic (exact) mass is 225 g/mol. The van der Waals surface area contributed by atoms with Gasteiger partial charge in [0.05, 0.1) is 5.56 Å². The average molecular weight is 225 g/mol. The van der Waals surface area contributed by atoms with Gasteiger partial charge in [0.1, 0.15) is 4.90 Å². The number of fused-ring (bicyclic) bond motifs is 1. The zero-order chi connectivity index (χ0) is 11.4. The molecule has 0 unspecified atom stereocenters. The molecule has 1 aromatic rings. The van der Waals surface area contributed by atoms with E-state index < -0.39 is 15.9 Å². The minimum absolute atomic E-state index is 0.123.